The predicted molar refractivity (Wildman–Crippen MR) is 95.3 cm³/mol. The maximum atomic E-state index is 12.3. The van der Waals surface area contributed by atoms with Crippen molar-refractivity contribution >= 4 is 28.6 Å². The van der Waals surface area contributed by atoms with E-state index in [0.717, 1.165) is 43.4 Å². The first kappa shape index (κ1) is 15.6. The number of hydrogen-bond donors (Lipinski definition) is 0. The van der Waals surface area contributed by atoms with Gasteiger partial charge in [0.15, 0.2) is 0 Å². The Morgan fingerprint density at radius 2 is 2.08 bits per heavy atom. The standard InChI is InChI=1S/C17H17N3O2S2/c21-17(13-1-7-22-10-13)20-5-3-19(4-6-20)9-15-12-24-16(18-15)14-2-8-23-11-14/h1-2,7-8,10-12H,3-6,9H2. The van der Waals surface area contributed by atoms with E-state index in [1.54, 1.807) is 28.7 Å². The molecule has 0 unspecified atom stereocenters. The molecule has 1 aliphatic heterocycles. The Labute approximate surface area is 148 Å². The van der Waals surface area contributed by atoms with Gasteiger partial charge in [0.2, 0.25) is 0 Å². The summed E-state index contributed by atoms with van der Waals surface area (Å²) in [6.45, 7) is 4.06. The van der Waals surface area contributed by atoms with Crippen LogP contribution < -0.4 is 0 Å². The third-order valence-corrected chi connectivity index (χ3v) is 5.76. The highest BCUT2D eigenvalue weighted by Crippen LogP contribution is 2.26. The first-order chi connectivity index (χ1) is 11.8. The first-order valence-electron chi connectivity index (χ1n) is 7.80. The highest BCUT2D eigenvalue weighted by molar-refractivity contribution is 7.14. The average Bonchev–Trinajstić information content (AvgIpc) is 3.36. The van der Waals surface area contributed by atoms with E-state index in [4.69, 9.17) is 9.40 Å². The van der Waals surface area contributed by atoms with Gasteiger partial charge < -0.3 is 9.32 Å². The SMILES string of the molecule is O=C(c1ccoc1)N1CCN(Cc2csc(-c3ccsc3)n2)CC1. The number of thiophene rings is 1. The summed E-state index contributed by atoms with van der Waals surface area (Å²) in [5.74, 6) is 0.0526. The fourth-order valence-corrected chi connectivity index (χ4v) is 4.33. The third-order valence-electron chi connectivity index (χ3n) is 4.13. The maximum Gasteiger partial charge on any atom is 0.257 e. The van der Waals surface area contributed by atoms with Gasteiger partial charge >= 0.3 is 0 Å². The number of piperazine rings is 1. The van der Waals surface area contributed by atoms with Gasteiger partial charge in [0, 0.05) is 49.0 Å². The summed E-state index contributed by atoms with van der Waals surface area (Å²) in [5, 5.41) is 7.42. The molecule has 3 aromatic rings. The summed E-state index contributed by atoms with van der Waals surface area (Å²) in [7, 11) is 0. The minimum absolute atomic E-state index is 0.0526. The van der Waals surface area contributed by atoms with Gasteiger partial charge in [-0.3, -0.25) is 9.69 Å². The number of furan rings is 1. The highest BCUT2D eigenvalue weighted by Gasteiger charge is 2.23. The number of rotatable bonds is 4. The van der Waals surface area contributed by atoms with Crippen molar-refractivity contribution in [3.05, 3.63) is 52.1 Å². The normalized spacial score (nSPS) is 15.8. The van der Waals surface area contributed by atoms with Crippen molar-refractivity contribution in [2.24, 2.45) is 0 Å². The summed E-state index contributed by atoms with van der Waals surface area (Å²) in [6.07, 6.45) is 3.05. The molecule has 0 atom stereocenters. The minimum Gasteiger partial charge on any atom is -0.472 e. The van der Waals surface area contributed by atoms with Crippen LogP contribution in [-0.2, 0) is 6.54 Å². The second-order valence-electron chi connectivity index (χ2n) is 5.74. The van der Waals surface area contributed by atoms with Crippen molar-refractivity contribution < 1.29 is 9.21 Å². The Balaban J connectivity index is 1.33. The van der Waals surface area contributed by atoms with Crippen molar-refractivity contribution in [1.29, 1.82) is 0 Å². The molecule has 1 saturated heterocycles. The van der Waals surface area contributed by atoms with Gasteiger partial charge in [0.05, 0.1) is 17.5 Å². The van der Waals surface area contributed by atoms with Crippen molar-refractivity contribution in [1.82, 2.24) is 14.8 Å². The molecule has 1 fully saturated rings. The molecule has 0 aromatic carbocycles. The van der Waals surface area contributed by atoms with Crippen LogP contribution in [0.25, 0.3) is 10.6 Å². The summed E-state index contributed by atoms with van der Waals surface area (Å²) >= 11 is 3.39. The van der Waals surface area contributed by atoms with Crippen LogP contribution in [0.3, 0.4) is 0 Å². The molecule has 0 aliphatic carbocycles. The number of carbonyl (C=O) groups excluding carboxylic acids is 1. The van der Waals surface area contributed by atoms with Crippen molar-refractivity contribution in [3.8, 4) is 10.6 Å². The molecule has 1 amide bonds. The van der Waals surface area contributed by atoms with Gasteiger partial charge in [-0.05, 0) is 17.5 Å². The fourth-order valence-electron chi connectivity index (χ4n) is 2.81. The Kier molecular flexibility index (Phi) is 4.46. The molecule has 0 bridgehead atoms. The molecule has 0 radical (unpaired) electrons. The van der Waals surface area contributed by atoms with Gasteiger partial charge in [-0.15, -0.1) is 11.3 Å². The van der Waals surface area contributed by atoms with Crippen molar-refractivity contribution in [2.75, 3.05) is 26.2 Å². The lowest BCUT2D eigenvalue weighted by atomic mass is 10.2. The molecule has 1 aliphatic rings. The fraction of sp³-hybridized carbons (Fsp3) is 0.294. The Hall–Kier alpha value is -1.96. The molecular formula is C17H17N3O2S2. The quantitative estimate of drug-likeness (QED) is 0.716. The van der Waals surface area contributed by atoms with Crippen molar-refractivity contribution in [3.63, 3.8) is 0 Å². The van der Waals surface area contributed by atoms with Gasteiger partial charge in [-0.2, -0.15) is 11.3 Å². The molecule has 4 rings (SSSR count). The molecule has 4 heterocycles. The van der Waals surface area contributed by atoms with E-state index < -0.39 is 0 Å². The van der Waals surface area contributed by atoms with E-state index in [2.05, 4.69) is 27.1 Å². The minimum atomic E-state index is 0.0526. The second-order valence-corrected chi connectivity index (χ2v) is 7.37. The zero-order valence-electron chi connectivity index (χ0n) is 13.1. The van der Waals surface area contributed by atoms with Crippen LogP contribution in [0, 0.1) is 0 Å². The first-order valence-corrected chi connectivity index (χ1v) is 9.62. The maximum absolute atomic E-state index is 12.3. The van der Waals surface area contributed by atoms with E-state index in [-0.39, 0.29) is 5.91 Å². The summed E-state index contributed by atoms with van der Waals surface area (Å²) < 4.78 is 5.00. The Morgan fingerprint density at radius 1 is 1.21 bits per heavy atom. The average molecular weight is 359 g/mol. The van der Waals surface area contributed by atoms with Crippen molar-refractivity contribution in [2.45, 2.75) is 6.54 Å². The predicted octanol–water partition coefficient (Wildman–Crippen LogP) is 3.42. The van der Waals surface area contributed by atoms with Crippen LogP contribution in [0.2, 0.25) is 0 Å². The van der Waals surface area contributed by atoms with Crippen LogP contribution >= 0.6 is 22.7 Å². The topological polar surface area (TPSA) is 49.6 Å². The van der Waals surface area contributed by atoms with Crippen LogP contribution in [0.1, 0.15) is 16.1 Å². The smallest absolute Gasteiger partial charge is 0.257 e. The lowest BCUT2D eigenvalue weighted by molar-refractivity contribution is 0.0626. The van der Waals surface area contributed by atoms with Crippen LogP contribution in [-0.4, -0.2) is 46.9 Å². The lowest BCUT2D eigenvalue weighted by Crippen LogP contribution is -2.48. The van der Waals surface area contributed by atoms with Gasteiger partial charge in [-0.1, -0.05) is 0 Å². The highest BCUT2D eigenvalue weighted by atomic mass is 32.1. The van der Waals surface area contributed by atoms with Gasteiger partial charge in [0.1, 0.15) is 11.3 Å². The zero-order chi connectivity index (χ0) is 16.4. The van der Waals surface area contributed by atoms with E-state index in [1.165, 1.54) is 18.1 Å². The third kappa shape index (κ3) is 3.28. The molecular weight excluding hydrogens is 342 g/mol. The second kappa shape index (κ2) is 6.88. The molecule has 24 heavy (non-hydrogen) atoms. The molecule has 0 N–H and O–H groups in total. The van der Waals surface area contributed by atoms with E-state index in [0.29, 0.717) is 5.56 Å². The van der Waals surface area contributed by atoms with Crippen LogP contribution in [0.5, 0.6) is 0 Å². The van der Waals surface area contributed by atoms with E-state index >= 15 is 0 Å². The van der Waals surface area contributed by atoms with Gasteiger partial charge in [0.25, 0.3) is 5.91 Å². The molecule has 0 saturated carbocycles. The number of nitrogens with zero attached hydrogens (tertiary/aromatic N) is 3. The Morgan fingerprint density at radius 3 is 2.79 bits per heavy atom. The Bertz CT molecular complexity index is 788. The van der Waals surface area contributed by atoms with E-state index in [1.807, 2.05) is 4.90 Å². The number of aromatic nitrogens is 1. The number of carbonyl (C=O) groups is 1. The monoisotopic (exact) mass is 359 g/mol. The zero-order valence-corrected chi connectivity index (χ0v) is 14.7. The summed E-state index contributed by atoms with van der Waals surface area (Å²) in [4.78, 5) is 21.3. The molecule has 3 aromatic heterocycles. The molecule has 124 valence electrons. The summed E-state index contributed by atoms with van der Waals surface area (Å²) in [6, 6.07) is 3.82. The molecule has 7 heteroatoms. The lowest BCUT2D eigenvalue weighted by Gasteiger charge is -2.34. The largest absolute Gasteiger partial charge is 0.472 e. The summed E-state index contributed by atoms with van der Waals surface area (Å²) in [5.41, 5.74) is 2.94. The molecule has 5 nitrogen and oxygen atoms in total. The number of thiazole rings is 1. The van der Waals surface area contributed by atoms with E-state index in [9.17, 15) is 4.79 Å². The molecule has 0 spiro atoms. The van der Waals surface area contributed by atoms with Crippen LogP contribution in [0.4, 0.5) is 0 Å². The van der Waals surface area contributed by atoms with Gasteiger partial charge in [-0.25, -0.2) is 4.98 Å². The number of amides is 1. The van der Waals surface area contributed by atoms with Crippen LogP contribution in [0.15, 0.2) is 45.2 Å². The number of hydrogen-bond acceptors (Lipinski definition) is 6.